The molecule has 0 fully saturated rings. The van der Waals surface area contributed by atoms with Gasteiger partial charge in [-0.25, -0.2) is 0 Å². The largest absolute Gasteiger partial charge is 0.352 e. The van der Waals surface area contributed by atoms with E-state index in [9.17, 15) is 4.79 Å². The second kappa shape index (κ2) is 8.91. The molecule has 0 saturated carbocycles. The molecule has 0 aromatic heterocycles. The number of unbranched alkanes of at least 4 members (excludes halogenated alkanes) is 3. The van der Waals surface area contributed by atoms with Gasteiger partial charge in [0.15, 0.2) is 0 Å². The highest BCUT2D eigenvalue weighted by molar-refractivity contribution is 14.1. The van der Waals surface area contributed by atoms with Crippen molar-refractivity contribution in [2.45, 2.75) is 25.7 Å². The van der Waals surface area contributed by atoms with E-state index in [0.29, 0.717) is 0 Å². The third-order valence-electron chi connectivity index (χ3n) is 2.45. The average molecular weight is 410 g/mol. The van der Waals surface area contributed by atoms with Crippen LogP contribution in [0.1, 0.15) is 36.0 Å². The number of rotatable bonds is 7. The van der Waals surface area contributed by atoms with E-state index in [0.717, 1.165) is 27.4 Å². The lowest BCUT2D eigenvalue weighted by Gasteiger charge is -2.05. The molecule has 0 saturated heterocycles. The molecule has 0 unspecified atom stereocenters. The number of carbonyl (C=O) groups excluding carboxylic acids is 1. The molecule has 17 heavy (non-hydrogen) atoms. The first-order valence-electron chi connectivity index (χ1n) is 5.84. The molecule has 0 aliphatic heterocycles. The second-order valence-electron chi connectivity index (χ2n) is 3.87. The monoisotopic (exact) mass is 409 g/mol. The molecular weight excluding hydrogens is 393 g/mol. The van der Waals surface area contributed by atoms with Crippen LogP contribution in [0.15, 0.2) is 24.3 Å². The van der Waals surface area contributed by atoms with Gasteiger partial charge in [-0.2, -0.15) is 0 Å². The minimum atomic E-state index is 0.0295. The number of carbonyl (C=O) groups is 1. The van der Waals surface area contributed by atoms with Gasteiger partial charge < -0.3 is 5.32 Å². The SMILES string of the molecule is O=C(NCCCCCCBr)c1ccc(I)cc1. The first-order chi connectivity index (χ1) is 8.24. The van der Waals surface area contributed by atoms with Crippen LogP contribution >= 0.6 is 38.5 Å². The molecule has 0 bridgehead atoms. The first kappa shape index (κ1) is 15.0. The van der Waals surface area contributed by atoms with E-state index < -0.39 is 0 Å². The molecule has 0 atom stereocenters. The van der Waals surface area contributed by atoms with Crippen LogP contribution in [-0.2, 0) is 0 Å². The smallest absolute Gasteiger partial charge is 0.251 e. The standard InChI is InChI=1S/C13H17BrINO/c14-9-3-1-2-4-10-16-13(17)11-5-7-12(15)8-6-11/h5-8H,1-4,9-10H2,(H,16,17). The summed E-state index contributed by atoms with van der Waals surface area (Å²) in [4.78, 5) is 11.7. The molecule has 0 spiro atoms. The molecule has 94 valence electrons. The van der Waals surface area contributed by atoms with Crippen LogP contribution in [0.2, 0.25) is 0 Å². The highest BCUT2D eigenvalue weighted by Crippen LogP contribution is 2.07. The Morgan fingerprint density at radius 1 is 1.12 bits per heavy atom. The Bertz CT molecular complexity index is 340. The number of nitrogens with one attached hydrogen (secondary N) is 1. The van der Waals surface area contributed by atoms with Gasteiger partial charge in [-0.15, -0.1) is 0 Å². The van der Waals surface area contributed by atoms with Crippen LogP contribution in [0.3, 0.4) is 0 Å². The van der Waals surface area contributed by atoms with Crippen molar-refractivity contribution in [3.05, 3.63) is 33.4 Å². The van der Waals surface area contributed by atoms with E-state index >= 15 is 0 Å². The Morgan fingerprint density at radius 3 is 2.41 bits per heavy atom. The van der Waals surface area contributed by atoms with Crippen molar-refractivity contribution in [2.24, 2.45) is 0 Å². The van der Waals surface area contributed by atoms with Gasteiger partial charge in [0.05, 0.1) is 0 Å². The molecule has 4 heteroatoms. The molecule has 2 nitrogen and oxygen atoms in total. The summed E-state index contributed by atoms with van der Waals surface area (Å²) in [5.74, 6) is 0.0295. The lowest BCUT2D eigenvalue weighted by Crippen LogP contribution is -2.24. The summed E-state index contributed by atoms with van der Waals surface area (Å²) in [7, 11) is 0. The number of amides is 1. The van der Waals surface area contributed by atoms with Gasteiger partial charge in [0.1, 0.15) is 0 Å². The zero-order valence-corrected chi connectivity index (χ0v) is 13.5. The van der Waals surface area contributed by atoms with Gasteiger partial charge in [-0.1, -0.05) is 28.8 Å². The van der Waals surface area contributed by atoms with Crippen molar-refractivity contribution >= 4 is 44.4 Å². The number of halogens is 2. The van der Waals surface area contributed by atoms with Crippen LogP contribution in [-0.4, -0.2) is 17.8 Å². The van der Waals surface area contributed by atoms with Crippen LogP contribution in [0.25, 0.3) is 0 Å². The maximum Gasteiger partial charge on any atom is 0.251 e. The van der Waals surface area contributed by atoms with Gasteiger partial charge in [0.25, 0.3) is 5.91 Å². The van der Waals surface area contributed by atoms with Crippen molar-refractivity contribution in [2.75, 3.05) is 11.9 Å². The molecule has 1 N–H and O–H groups in total. The molecule has 1 aromatic carbocycles. The predicted octanol–water partition coefficient (Wildman–Crippen LogP) is 3.98. The molecule has 1 amide bonds. The van der Waals surface area contributed by atoms with Gasteiger partial charge in [-0.3, -0.25) is 4.79 Å². The Morgan fingerprint density at radius 2 is 1.76 bits per heavy atom. The Labute approximate surface area is 125 Å². The molecular formula is C13H17BrINO. The fraction of sp³-hybridized carbons (Fsp3) is 0.462. The Kier molecular flexibility index (Phi) is 7.84. The van der Waals surface area contributed by atoms with Crippen molar-refractivity contribution in [3.8, 4) is 0 Å². The first-order valence-corrected chi connectivity index (χ1v) is 8.04. The minimum Gasteiger partial charge on any atom is -0.352 e. The van der Waals surface area contributed by atoms with Crippen molar-refractivity contribution < 1.29 is 4.79 Å². The summed E-state index contributed by atoms with van der Waals surface area (Å²) in [5.41, 5.74) is 0.742. The Balaban J connectivity index is 2.19. The summed E-state index contributed by atoms with van der Waals surface area (Å²) in [6.07, 6.45) is 4.68. The van der Waals surface area contributed by atoms with Crippen LogP contribution in [0.5, 0.6) is 0 Å². The molecule has 0 heterocycles. The van der Waals surface area contributed by atoms with E-state index in [2.05, 4.69) is 43.8 Å². The average Bonchev–Trinajstić information content (AvgIpc) is 2.34. The molecule has 1 rings (SSSR count). The third-order valence-corrected chi connectivity index (χ3v) is 3.73. The maximum atomic E-state index is 11.7. The molecule has 0 aliphatic carbocycles. The van der Waals surface area contributed by atoms with Gasteiger partial charge in [-0.05, 0) is 59.7 Å². The lowest BCUT2D eigenvalue weighted by atomic mass is 10.2. The third kappa shape index (κ3) is 6.41. The molecule has 0 radical (unpaired) electrons. The maximum absolute atomic E-state index is 11.7. The van der Waals surface area contributed by atoms with E-state index in [-0.39, 0.29) is 5.91 Å². The molecule has 0 aliphatic rings. The fourth-order valence-electron chi connectivity index (χ4n) is 1.48. The zero-order valence-electron chi connectivity index (χ0n) is 9.72. The van der Waals surface area contributed by atoms with Crippen molar-refractivity contribution in [1.29, 1.82) is 0 Å². The van der Waals surface area contributed by atoms with Crippen LogP contribution < -0.4 is 5.32 Å². The number of benzene rings is 1. The van der Waals surface area contributed by atoms with Crippen molar-refractivity contribution in [1.82, 2.24) is 5.32 Å². The summed E-state index contributed by atoms with van der Waals surface area (Å²) >= 11 is 5.64. The topological polar surface area (TPSA) is 29.1 Å². The van der Waals surface area contributed by atoms with E-state index in [4.69, 9.17) is 0 Å². The lowest BCUT2D eigenvalue weighted by molar-refractivity contribution is 0.0953. The zero-order chi connectivity index (χ0) is 12.5. The minimum absolute atomic E-state index is 0.0295. The quantitative estimate of drug-likeness (QED) is 0.412. The number of hydrogen-bond donors (Lipinski definition) is 1. The fourth-order valence-corrected chi connectivity index (χ4v) is 2.23. The van der Waals surface area contributed by atoms with Crippen molar-refractivity contribution in [3.63, 3.8) is 0 Å². The van der Waals surface area contributed by atoms with Gasteiger partial charge in [0, 0.05) is 21.0 Å². The summed E-state index contributed by atoms with van der Waals surface area (Å²) < 4.78 is 1.15. The Hall–Kier alpha value is -0.100. The number of alkyl halides is 1. The van der Waals surface area contributed by atoms with Crippen LogP contribution in [0, 0.1) is 3.57 Å². The van der Waals surface area contributed by atoms with E-state index in [1.807, 2.05) is 24.3 Å². The van der Waals surface area contributed by atoms with E-state index in [1.165, 1.54) is 19.3 Å². The predicted molar refractivity (Wildman–Crippen MR) is 83.8 cm³/mol. The number of hydrogen-bond acceptors (Lipinski definition) is 1. The normalized spacial score (nSPS) is 10.2. The van der Waals surface area contributed by atoms with Gasteiger partial charge in [0.2, 0.25) is 0 Å². The molecule has 1 aromatic rings. The second-order valence-corrected chi connectivity index (χ2v) is 5.90. The summed E-state index contributed by atoms with van der Waals surface area (Å²) in [5, 5.41) is 4.01. The summed E-state index contributed by atoms with van der Waals surface area (Å²) in [6.45, 7) is 0.771. The van der Waals surface area contributed by atoms with E-state index in [1.54, 1.807) is 0 Å². The highest BCUT2D eigenvalue weighted by atomic mass is 127. The van der Waals surface area contributed by atoms with Crippen LogP contribution in [0.4, 0.5) is 0 Å². The highest BCUT2D eigenvalue weighted by Gasteiger charge is 2.03. The van der Waals surface area contributed by atoms with Gasteiger partial charge >= 0.3 is 0 Å². The summed E-state index contributed by atoms with van der Waals surface area (Å²) in [6, 6.07) is 7.63.